The standard InChI is InChI=1S/C17H21FN4O2S/c1-3-11(2)19-14(23)8-5-9-15-21-22-17(25-15)16(24)20-13-7-4-6-12(18)10-13/h4,6-7,10-11H,3,5,8-9H2,1-2H3,(H,19,23)(H,20,24). The minimum atomic E-state index is -0.427. The minimum Gasteiger partial charge on any atom is -0.354 e. The molecular weight excluding hydrogens is 343 g/mol. The number of aromatic nitrogens is 2. The van der Waals surface area contributed by atoms with Crippen molar-refractivity contribution < 1.29 is 14.0 Å². The first-order valence-corrected chi connectivity index (χ1v) is 8.98. The van der Waals surface area contributed by atoms with Gasteiger partial charge in [-0.05, 0) is 38.0 Å². The van der Waals surface area contributed by atoms with Gasteiger partial charge in [0.25, 0.3) is 5.91 Å². The summed E-state index contributed by atoms with van der Waals surface area (Å²) in [5.74, 6) is -0.835. The van der Waals surface area contributed by atoms with Gasteiger partial charge in [0.2, 0.25) is 10.9 Å². The summed E-state index contributed by atoms with van der Waals surface area (Å²) in [6, 6.07) is 5.82. The van der Waals surface area contributed by atoms with Gasteiger partial charge in [-0.25, -0.2) is 4.39 Å². The number of hydrogen-bond acceptors (Lipinski definition) is 5. The average molecular weight is 364 g/mol. The summed E-state index contributed by atoms with van der Waals surface area (Å²) in [6.07, 6.45) is 2.53. The van der Waals surface area contributed by atoms with Crippen molar-refractivity contribution in [1.82, 2.24) is 15.5 Å². The third-order valence-electron chi connectivity index (χ3n) is 3.56. The van der Waals surface area contributed by atoms with E-state index in [0.29, 0.717) is 30.0 Å². The fourth-order valence-electron chi connectivity index (χ4n) is 2.05. The number of amides is 2. The van der Waals surface area contributed by atoms with Crippen molar-refractivity contribution in [2.75, 3.05) is 5.32 Å². The van der Waals surface area contributed by atoms with E-state index >= 15 is 0 Å². The second-order valence-corrected chi connectivity index (χ2v) is 6.76. The smallest absolute Gasteiger partial charge is 0.286 e. The van der Waals surface area contributed by atoms with Crippen LogP contribution in [0.1, 0.15) is 47.9 Å². The highest BCUT2D eigenvalue weighted by Crippen LogP contribution is 2.16. The molecule has 0 bridgehead atoms. The molecule has 0 fully saturated rings. The number of rotatable bonds is 8. The lowest BCUT2D eigenvalue weighted by Gasteiger charge is -2.10. The molecule has 1 heterocycles. The number of carbonyl (C=O) groups excluding carboxylic acids is 2. The van der Waals surface area contributed by atoms with Gasteiger partial charge < -0.3 is 10.6 Å². The topological polar surface area (TPSA) is 84.0 Å². The molecule has 0 radical (unpaired) electrons. The van der Waals surface area contributed by atoms with Crippen molar-refractivity contribution in [3.8, 4) is 0 Å². The first-order chi connectivity index (χ1) is 12.0. The number of anilines is 1. The number of aryl methyl sites for hydroxylation is 1. The Labute approximate surface area is 149 Å². The van der Waals surface area contributed by atoms with Gasteiger partial charge in [-0.2, -0.15) is 0 Å². The maximum Gasteiger partial charge on any atom is 0.286 e. The quantitative estimate of drug-likeness (QED) is 0.753. The lowest BCUT2D eigenvalue weighted by atomic mass is 10.2. The Bertz CT molecular complexity index is 735. The van der Waals surface area contributed by atoms with Gasteiger partial charge in [-0.15, -0.1) is 10.2 Å². The molecule has 1 aromatic carbocycles. The molecule has 1 aromatic heterocycles. The molecule has 2 N–H and O–H groups in total. The molecule has 6 nitrogen and oxygen atoms in total. The summed E-state index contributed by atoms with van der Waals surface area (Å²) in [7, 11) is 0. The van der Waals surface area contributed by atoms with Crippen LogP contribution in [0.5, 0.6) is 0 Å². The Balaban J connectivity index is 1.81. The molecule has 0 aliphatic rings. The van der Waals surface area contributed by atoms with Crippen LogP contribution in [0.25, 0.3) is 0 Å². The van der Waals surface area contributed by atoms with Crippen LogP contribution < -0.4 is 10.6 Å². The van der Waals surface area contributed by atoms with Crippen LogP contribution >= 0.6 is 11.3 Å². The van der Waals surface area contributed by atoms with Gasteiger partial charge in [0.05, 0.1) is 0 Å². The zero-order valence-electron chi connectivity index (χ0n) is 14.2. The highest BCUT2D eigenvalue weighted by molar-refractivity contribution is 7.13. The molecule has 8 heteroatoms. The van der Waals surface area contributed by atoms with E-state index in [0.717, 1.165) is 6.42 Å². The van der Waals surface area contributed by atoms with E-state index in [1.807, 2.05) is 13.8 Å². The summed E-state index contributed by atoms with van der Waals surface area (Å²) in [4.78, 5) is 23.8. The molecule has 0 aliphatic heterocycles. The van der Waals surface area contributed by atoms with Crippen LogP contribution in [-0.2, 0) is 11.2 Å². The summed E-state index contributed by atoms with van der Waals surface area (Å²) in [5, 5.41) is 14.2. The van der Waals surface area contributed by atoms with Gasteiger partial charge in [-0.1, -0.05) is 24.3 Å². The van der Waals surface area contributed by atoms with Crippen molar-refractivity contribution >= 4 is 28.8 Å². The van der Waals surface area contributed by atoms with Crippen LogP contribution in [0.15, 0.2) is 24.3 Å². The third kappa shape index (κ3) is 6.22. The van der Waals surface area contributed by atoms with Gasteiger partial charge in [0.1, 0.15) is 10.8 Å². The highest BCUT2D eigenvalue weighted by atomic mass is 32.1. The van der Waals surface area contributed by atoms with E-state index in [-0.39, 0.29) is 17.0 Å². The Morgan fingerprint density at radius 3 is 2.84 bits per heavy atom. The highest BCUT2D eigenvalue weighted by Gasteiger charge is 2.14. The SMILES string of the molecule is CCC(C)NC(=O)CCCc1nnc(C(=O)Nc2cccc(F)c2)s1. The number of hydrogen-bond donors (Lipinski definition) is 2. The van der Waals surface area contributed by atoms with Crippen LogP contribution in [0, 0.1) is 5.82 Å². The summed E-state index contributed by atoms with van der Waals surface area (Å²) in [6.45, 7) is 3.98. The number of halogens is 1. The molecule has 2 aromatic rings. The van der Waals surface area contributed by atoms with Crippen molar-refractivity contribution in [3.63, 3.8) is 0 Å². The molecule has 2 amide bonds. The van der Waals surface area contributed by atoms with E-state index in [1.54, 1.807) is 6.07 Å². The number of benzene rings is 1. The molecule has 0 saturated heterocycles. The van der Waals surface area contributed by atoms with Crippen molar-refractivity contribution in [3.05, 3.63) is 40.1 Å². The minimum absolute atomic E-state index is 0.0166. The number of nitrogens with zero attached hydrogens (tertiary/aromatic N) is 2. The summed E-state index contributed by atoms with van der Waals surface area (Å²) < 4.78 is 13.1. The van der Waals surface area contributed by atoms with Crippen LogP contribution in [0.2, 0.25) is 0 Å². The predicted molar refractivity (Wildman–Crippen MR) is 95.1 cm³/mol. The Kier molecular flexibility index (Phi) is 7.00. The molecule has 1 unspecified atom stereocenters. The maximum absolute atomic E-state index is 13.1. The number of carbonyl (C=O) groups is 2. The maximum atomic E-state index is 13.1. The molecule has 0 aliphatic carbocycles. The normalized spacial score (nSPS) is 11.8. The zero-order valence-corrected chi connectivity index (χ0v) is 15.0. The number of nitrogens with one attached hydrogen (secondary N) is 2. The van der Waals surface area contributed by atoms with Crippen molar-refractivity contribution in [2.24, 2.45) is 0 Å². The van der Waals surface area contributed by atoms with Gasteiger partial charge in [-0.3, -0.25) is 9.59 Å². The Morgan fingerprint density at radius 1 is 1.32 bits per heavy atom. The van der Waals surface area contributed by atoms with E-state index in [9.17, 15) is 14.0 Å². The molecule has 25 heavy (non-hydrogen) atoms. The van der Waals surface area contributed by atoms with Gasteiger partial charge in [0.15, 0.2) is 0 Å². The van der Waals surface area contributed by atoms with Crippen molar-refractivity contribution in [1.29, 1.82) is 0 Å². The van der Waals surface area contributed by atoms with Gasteiger partial charge >= 0.3 is 0 Å². The second-order valence-electron chi connectivity index (χ2n) is 5.70. The molecule has 1 atom stereocenters. The fourth-order valence-corrected chi connectivity index (χ4v) is 2.82. The van der Waals surface area contributed by atoms with Crippen LogP contribution in [0.4, 0.5) is 10.1 Å². The largest absolute Gasteiger partial charge is 0.354 e. The van der Waals surface area contributed by atoms with Crippen molar-refractivity contribution in [2.45, 2.75) is 45.6 Å². The second kappa shape index (κ2) is 9.22. The molecule has 134 valence electrons. The molecule has 0 spiro atoms. The van der Waals surface area contributed by atoms with Crippen LogP contribution in [0.3, 0.4) is 0 Å². The summed E-state index contributed by atoms with van der Waals surface area (Å²) >= 11 is 1.17. The molecule has 2 rings (SSSR count). The monoisotopic (exact) mass is 364 g/mol. The Hall–Kier alpha value is -2.35. The lowest BCUT2D eigenvalue weighted by Crippen LogP contribution is -2.31. The fraction of sp³-hybridized carbons (Fsp3) is 0.412. The zero-order chi connectivity index (χ0) is 18.2. The van der Waals surface area contributed by atoms with E-state index in [2.05, 4.69) is 20.8 Å². The summed E-state index contributed by atoms with van der Waals surface area (Å²) in [5.41, 5.74) is 0.364. The van der Waals surface area contributed by atoms with Crippen LogP contribution in [-0.4, -0.2) is 28.1 Å². The van der Waals surface area contributed by atoms with E-state index in [1.165, 1.54) is 29.5 Å². The van der Waals surface area contributed by atoms with Gasteiger partial charge in [0, 0.05) is 24.6 Å². The predicted octanol–water partition coefficient (Wildman–Crippen LogP) is 3.17. The Morgan fingerprint density at radius 2 is 2.12 bits per heavy atom. The van der Waals surface area contributed by atoms with E-state index in [4.69, 9.17) is 0 Å². The molecule has 0 saturated carbocycles. The third-order valence-corrected chi connectivity index (χ3v) is 4.54. The van der Waals surface area contributed by atoms with E-state index < -0.39 is 11.7 Å². The first kappa shape index (κ1) is 19.0. The average Bonchev–Trinajstić information content (AvgIpc) is 3.03. The first-order valence-electron chi connectivity index (χ1n) is 8.16. The lowest BCUT2D eigenvalue weighted by molar-refractivity contribution is -0.121. The molecular formula is C17H21FN4O2S.